The van der Waals surface area contributed by atoms with Gasteiger partial charge in [0.2, 0.25) is 0 Å². The Kier molecular flexibility index (Phi) is 4.08. The SMILES string of the molecule is O=C(COc1c(C(=O)O)sc2ccccc12)c1ccc(F)cc1. The van der Waals surface area contributed by atoms with E-state index in [0.29, 0.717) is 10.9 Å². The Labute approximate surface area is 134 Å². The Morgan fingerprint density at radius 3 is 2.48 bits per heavy atom. The first kappa shape index (κ1) is 15.2. The van der Waals surface area contributed by atoms with Gasteiger partial charge in [-0.1, -0.05) is 12.1 Å². The first-order chi connectivity index (χ1) is 11.1. The maximum atomic E-state index is 12.9. The third kappa shape index (κ3) is 3.07. The lowest BCUT2D eigenvalue weighted by Crippen LogP contribution is -2.12. The molecule has 0 unspecified atom stereocenters. The van der Waals surface area contributed by atoms with Crippen molar-refractivity contribution in [3.05, 3.63) is 64.8 Å². The molecule has 0 amide bonds. The molecule has 3 aromatic rings. The van der Waals surface area contributed by atoms with Crippen LogP contribution in [0.5, 0.6) is 5.75 Å². The van der Waals surface area contributed by atoms with Gasteiger partial charge < -0.3 is 9.84 Å². The minimum atomic E-state index is -1.10. The maximum absolute atomic E-state index is 12.9. The molecule has 1 N–H and O–H groups in total. The first-order valence-electron chi connectivity index (χ1n) is 6.72. The van der Waals surface area contributed by atoms with E-state index in [4.69, 9.17) is 4.74 Å². The van der Waals surface area contributed by atoms with Gasteiger partial charge in [-0.05, 0) is 36.4 Å². The number of hydrogen-bond acceptors (Lipinski definition) is 4. The van der Waals surface area contributed by atoms with Crippen molar-refractivity contribution < 1.29 is 23.8 Å². The van der Waals surface area contributed by atoms with Crippen LogP contribution in [-0.4, -0.2) is 23.5 Å². The zero-order valence-corrected chi connectivity index (χ0v) is 12.6. The van der Waals surface area contributed by atoms with Crippen molar-refractivity contribution in [2.75, 3.05) is 6.61 Å². The van der Waals surface area contributed by atoms with Crippen molar-refractivity contribution in [3.8, 4) is 5.75 Å². The summed E-state index contributed by atoms with van der Waals surface area (Å²) >= 11 is 1.10. The normalized spacial score (nSPS) is 10.7. The summed E-state index contributed by atoms with van der Waals surface area (Å²) in [6.07, 6.45) is 0. The van der Waals surface area contributed by atoms with Gasteiger partial charge in [-0.15, -0.1) is 11.3 Å². The zero-order chi connectivity index (χ0) is 16.4. The second-order valence-electron chi connectivity index (χ2n) is 4.78. The molecule has 0 spiro atoms. The van der Waals surface area contributed by atoms with E-state index in [1.54, 1.807) is 24.3 Å². The van der Waals surface area contributed by atoms with Crippen molar-refractivity contribution in [2.24, 2.45) is 0 Å². The summed E-state index contributed by atoms with van der Waals surface area (Å²) in [5.74, 6) is -1.69. The van der Waals surface area contributed by atoms with Crippen LogP contribution in [-0.2, 0) is 0 Å². The molecule has 0 aliphatic rings. The highest BCUT2D eigenvalue weighted by Gasteiger charge is 2.20. The fourth-order valence-electron chi connectivity index (χ4n) is 2.16. The largest absolute Gasteiger partial charge is 0.483 e. The number of carbonyl (C=O) groups excluding carboxylic acids is 1. The molecule has 1 heterocycles. The molecule has 0 saturated heterocycles. The third-order valence-corrected chi connectivity index (χ3v) is 4.40. The predicted octanol–water partition coefficient (Wildman–Crippen LogP) is 4.00. The maximum Gasteiger partial charge on any atom is 0.349 e. The van der Waals surface area contributed by atoms with Gasteiger partial charge in [0, 0.05) is 15.6 Å². The second-order valence-corrected chi connectivity index (χ2v) is 5.83. The summed E-state index contributed by atoms with van der Waals surface area (Å²) in [6.45, 7) is -0.313. The number of halogens is 1. The van der Waals surface area contributed by atoms with E-state index < -0.39 is 11.8 Å². The number of ketones is 1. The highest BCUT2D eigenvalue weighted by atomic mass is 32.1. The van der Waals surface area contributed by atoms with Crippen molar-refractivity contribution >= 4 is 33.2 Å². The number of aromatic carboxylic acids is 1. The quantitative estimate of drug-likeness (QED) is 0.718. The molecule has 0 fully saturated rings. The number of thiophene rings is 1. The van der Waals surface area contributed by atoms with E-state index >= 15 is 0 Å². The number of hydrogen-bond donors (Lipinski definition) is 1. The van der Waals surface area contributed by atoms with Crippen LogP contribution >= 0.6 is 11.3 Å². The van der Waals surface area contributed by atoms with E-state index in [-0.39, 0.29) is 23.0 Å². The Hall–Kier alpha value is -2.73. The molecule has 0 aliphatic heterocycles. The molecule has 116 valence electrons. The number of carbonyl (C=O) groups is 2. The van der Waals surface area contributed by atoms with Crippen LogP contribution in [0.2, 0.25) is 0 Å². The first-order valence-corrected chi connectivity index (χ1v) is 7.54. The number of Topliss-reactive ketones (excluding diaryl/α,β-unsaturated/α-hetero) is 1. The fourth-order valence-corrected chi connectivity index (χ4v) is 3.15. The van der Waals surface area contributed by atoms with Crippen LogP contribution in [0, 0.1) is 5.82 Å². The van der Waals surface area contributed by atoms with Crippen LogP contribution in [0.1, 0.15) is 20.0 Å². The second kappa shape index (κ2) is 6.18. The summed E-state index contributed by atoms with van der Waals surface area (Å²) in [4.78, 5) is 23.5. The molecule has 0 aliphatic carbocycles. The van der Waals surface area contributed by atoms with Gasteiger partial charge in [0.15, 0.2) is 23.0 Å². The van der Waals surface area contributed by atoms with Gasteiger partial charge in [-0.3, -0.25) is 4.79 Å². The van der Waals surface area contributed by atoms with Gasteiger partial charge in [-0.25, -0.2) is 9.18 Å². The average molecular weight is 330 g/mol. The van der Waals surface area contributed by atoms with Gasteiger partial charge in [0.1, 0.15) is 5.82 Å². The lowest BCUT2D eigenvalue weighted by molar-refractivity contribution is 0.0695. The summed E-state index contributed by atoms with van der Waals surface area (Å²) in [5, 5.41) is 9.94. The summed E-state index contributed by atoms with van der Waals surface area (Å²) in [5.41, 5.74) is 0.308. The lowest BCUT2D eigenvalue weighted by Gasteiger charge is -2.06. The van der Waals surface area contributed by atoms with Crippen molar-refractivity contribution in [1.82, 2.24) is 0 Å². The third-order valence-electron chi connectivity index (χ3n) is 3.26. The molecule has 0 bridgehead atoms. The minimum Gasteiger partial charge on any atom is -0.483 e. The topological polar surface area (TPSA) is 63.6 Å². The predicted molar refractivity (Wildman–Crippen MR) is 85.0 cm³/mol. The molecule has 23 heavy (non-hydrogen) atoms. The van der Waals surface area contributed by atoms with Crippen LogP contribution in [0.15, 0.2) is 48.5 Å². The molecule has 0 radical (unpaired) electrons. The Balaban J connectivity index is 1.86. The summed E-state index contributed by atoms with van der Waals surface area (Å²) in [7, 11) is 0. The molecule has 1 aromatic heterocycles. The van der Waals surface area contributed by atoms with E-state index in [9.17, 15) is 19.1 Å². The minimum absolute atomic E-state index is 0.0538. The number of carboxylic acid groups (broad SMARTS) is 1. The Morgan fingerprint density at radius 1 is 1.09 bits per heavy atom. The standard InChI is InChI=1S/C17H11FO4S/c18-11-7-5-10(6-8-11)13(19)9-22-15-12-3-1-2-4-14(12)23-16(15)17(20)21/h1-8H,9H2,(H,20,21). The molecule has 2 aromatic carbocycles. The highest BCUT2D eigenvalue weighted by Crippen LogP contribution is 2.37. The molecule has 0 atom stereocenters. The van der Waals surface area contributed by atoms with E-state index in [1.165, 1.54) is 24.3 Å². The lowest BCUT2D eigenvalue weighted by atomic mass is 10.1. The van der Waals surface area contributed by atoms with Crippen molar-refractivity contribution in [2.45, 2.75) is 0 Å². The van der Waals surface area contributed by atoms with Crippen molar-refractivity contribution in [3.63, 3.8) is 0 Å². The zero-order valence-electron chi connectivity index (χ0n) is 11.8. The van der Waals surface area contributed by atoms with Crippen LogP contribution in [0.4, 0.5) is 4.39 Å². The fraction of sp³-hybridized carbons (Fsp3) is 0.0588. The van der Waals surface area contributed by atoms with Gasteiger partial charge >= 0.3 is 5.97 Å². The van der Waals surface area contributed by atoms with E-state index in [2.05, 4.69) is 0 Å². The molecule has 0 saturated carbocycles. The average Bonchev–Trinajstić information content (AvgIpc) is 2.92. The highest BCUT2D eigenvalue weighted by molar-refractivity contribution is 7.21. The van der Waals surface area contributed by atoms with Crippen LogP contribution in [0.25, 0.3) is 10.1 Å². The van der Waals surface area contributed by atoms with E-state index in [1.807, 2.05) is 0 Å². The number of rotatable bonds is 5. The summed E-state index contributed by atoms with van der Waals surface area (Å²) in [6, 6.07) is 12.2. The molecule has 3 rings (SSSR count). The smallest absolute Gasteiger partial charge is 0.349 e. The molecule has 6 heteroatoms. The van der Waals surface area contributed by atoms with Crippen LogP contribution in [0.3, 0.4) is 0 Å². The Morgan fingerprint density at radius 2 is 1.78 bits per heavy atom. The van der Waals surface area contributed by atoms with Gasteiger partial charge in [0.25, 0.3) is 0 Å². The Bertz CT molecular complexity index is 883. The number of carboxylic acids is 1. The number of fused-ring (bicyclic) bond motifs is 1. The molecular formula is C17H11FO4S. The number of ether oxygens (including phenoxy) is 1. The number of benzene rings is 2. The van der Waals surface area contributed by atoms with Crippen LogP contribution < -0.4 is 4.74 Å². The molecular weight excluding hydrogens is 319 g/mol. The van der Waals surface area contributed by atoms with Gasteiger partial charge in [-0.2, -0.15) is 0 Å². The summed E-state index contributed by atoms with van der Waals surface area (Å²) < 4.78 is 19.1. The van der Waals surface area contributed by atoms with E-state index in [0.717, 1.165) is 16.0 Å². The monoisotopic (exact) mass is 330 g/mol. The molecule has 4 nitrogen and oxygen atoms in total. The van der Waals surface area contributed by atoms with Gasteiger partial charge in [0.05, 0.1) is 0 Å². The van der Waals surface area contributed by atoms with Crippen molar-refractivity contribution in [1.29, 1.82) is 0 Å².